The number of anilines is 1. The Bertz CT molecular complexity index is 1540. The lowest BCUT2D eigenvalue weighted by molar-refractivity contribution is -0.139. The molecule has 1 aliphatic rings. The van der Waals surface area contributed by atoms with Crippen LogP contribution in [0.15, 0.2) is 65.6 Å². The quantitative estimate of drug-likeness (QED) is 0.258. The topological polar surface area (TPSA) is 86.8 Å². The number of rotatable bonds is 10. The van der Waals surface area contributed by atoms with Gasteiger partial charge in [0.15, 0.2) is 0 Å². The molecule has 1 N–H and O–H groups in total. The van der Waals surface area contributed by atoms with Gasteiger partial charge < -0.3 is 10.2 Å². The first-order chi connectivity index (χ1) is 19.9. The van der Waals surface area contributed by atoms with Crippen molar-refractivity contribution in [2.24, 2.45) is 0 Å². The molecule has 7 nitrogen and oxygen atoms in total. The molecule has 0 radical (unpaired) electrons. The van der Waals surface area contributed by atoms with E-state index < -0.39 is 28.5 Å². The summed E-state index contributed by atoms with van der Waals surface area (Å²) in [5.74, 6) is -0.933. The van der Waals surface area contributed by atoms with E-state index in [1.54, 1.807) is 56.3 Å². The highest BCUT2D eigenvalue weighted by Gasteiger charge is 2.34. The van der Waals surface area contributed by atoms with Crippen LogP contribution in [0.25, 0.3) is 0 Å². The van der Waals surface area contributed by atoms with Crippen molar-refractivity contribution in [1.29, 1.82) is 0 Å². The molecular formula is C31H34Cl3N3O4S. The zero-order valence-corrected chi connectivity index (χ0v) is 26.8. The number of sulfonamides is 1. The first-order valence-electron chi connectivity index (χ1n) is 13.8. The van der Waals surface area contributed by atoms with Crippen LogP contribution < -0.4 is 9.62 Å². The second-order valence-corrected chi connectivity index (χ2v) is 13.7. The maximum Gasteiger partial charge on any atom is 0.264 e. The van der Waals surface area contributed by atoms with E-state index >= 15 is 0 Å². The van der Waals surface area contributed by atoms with Gasteiger partial charge in [-0.25, -0.2) is 8.42 Å². The number of aryl methyl sites for hydroxylation is 2. The van der Waals surface area contributed by atoms with Crippen molar-refractivity contribution in [1.82, 2.24) is 10.2 Å². The van der Waals surface area contributed by atoms with Gasteiger partial charge in [-0.2, -0.15) is 0 Å². The maximum atomic E-state index is 14.1. The Kier molecular flexibility index (Phi) is 10.5. The minimum Gasteiger partial charge on any atom is -0.352 e. The molecule has 0 spiro atoms. The molecule has 42 heavy (non-hydrogen) atoms. The average Bonchev–Trinajstić information content (AvgIpc) is 3.46. The number of carbonyl (C=O) groups is 2. The fourth-order valence-electron chi connectivity index (χ4n) is 4.93. The van der Waals surface area contributed by atoms with Gasteiger partial charge >= 0.3 is 0 Å². The molecule has 1 aliphatic carbocycles. The van der Waals surface area contributed by atoms with Crippen LogP contribution in [0.3, 0.4) is 0 Å². The van der Waals surface area contributed by atoms with Gasteiger partial charge in [0.25, 0.3) is 10.0 Å². The van der Waals surface area contributed by atoms with Gasteiger partial charge in [0.1, 0.15) is 12.6 Å². The normalized spacial score (nSPS) is 14.4. The summed E-state index contributed by atoms with van der Waals surface area (Å²) < 4.78 is 29.0. The van der Waals surface area contributed by atoms with Gasteiger partial charge in [-0.3, -0.25) is 13.9 Å². The van der Waals surface area contributed by atoms with Crippen LogP contribution in [0.4, 0.5) is 5.69 Å². The van der Waals surface area contributed by atoms with Crippen molar-refractivity contribution in [3.8, 4) is 0 Å². The highest BCUT2D eigenvalue weighted by molar-refractivity contribution is 7.92. The van der Waals surface area contributed by atoms with Gasteiger partial charge in [-0.15, -0.1) is 0 Å². The van der Waals surface area contributed by atoms with Crippen molar-refractivity contribution in [3.63, 3.8) is 0 Å². The molecule has 1 fully saturated rings. The predicted octanol–water partition coefficient (Wildman–Crippen LogP) is 6.94. The monoisotopic (exact) mass is 649 g/mol. The Labute approximate surface area is 262 Å². The third-order valence-electron chi connectivity index (χ3n) is 7.59. The molecule has 1 unspecified atom stereocenters. The molecule has 1 atom stereocenters. The number of halogens is 3. The lowest BCUT2D eigenvalue weighted by Gasteiger charge is -2.33. The summed E-state index contributed by atoms with van der Waals surface area (Å²) in [6.45, 7) is 4.60. The number of nitrogens with zero attached hydrogens (tertiary/aromatic N) is 2. The van der Waals surface area contributed by atoms with Crippen LogP contribution in [0.5, 0.6) is 0 Å². The van der Waals surface area contributed by atoms with Crippen LogP contribution in [0.1, 0.15) is 49.3 Å². The zero-order chi connectivity index (χ0) is 30.6. The minimum absolute atomic E-state index is 0.0188. The highest BCUT2D eigenvalue weighted by Crippen LogP contribution is 2.30. The summed E-state index contributed by atoms with van der Waals surface area (Å²) in [6.07, 6.45) is 3.81. The highest BCUT2D eigenvalue weighted by atomic mass is 35.5. The Balaban J connectivity index is 1.73. The van der Waals surface area contributed by atoms with E-state index in [9.17, 15) is 18.0 Å². The number of amides is 2. The van der Waals surface area contributed by atoms with Gasteiger partial charge in [-0.05, 0) is 75.6 Å². The number of carbonyl (C=O) groups excluding carboxylic acids is 2. The van der Waals surface area contributed by atoms with Gasteiger partial charge in [-0.1, -0.05) is 77.5 Å². The van der Waals surface area contributed by atoms with Crippen molar-refractivity contribution in [2.45, 2.75) is 70.0 Å². The summed E-state index contributed by atoms with van der Waals surface area (Å²) in [7, 11) is -4.21. The summed E-state index contributed by atoms with van der Waals surface area (Å²) in [6, 6.07) is 15.3. The van der Waals surface area contributed by atoms with E-state index in [1.165, 1.54) is 23.1 Å². The molecule has 0 saturated heterocycles. The number of hydrogen-bond acceptors (Lipinski definition) is 4. The van der Waals surface area contributed by atoms with Crippen molar-refractivity contribution in [2.75, 3.05) is 10.8 Å². The van der Waals surface area contributed by atoms with E-state index in [0.29, 0.717) is 20.6 Å². The third kappa shape index (κ3) is 7.40. The molecule has 2 amide bonds. The van der Waals surface area contributed by atoms with Gasteiger partial charge in [0.2, 0.25) is 11.8 Å². The lowest BCUT2D eigenvalue weighted by Crippen LogP contribution is -2.52. The predicted molar refractivity (Wildman–Crippen MR) is 169 cm³/mol. The molecule has 3 aromatic carbocycles. The maximum absolute atomic E-state index is 14.1. The van der Waals surface area contributed by atoms with Gasteiger partial charge in [0, 0.05) is 33.2 Å². The van der Waals surface area contributed by atoms with Crippen molar-refractivity contribution >= 4 is 62.3 Å². The Morgan fingerprint density at radius 1 is 0.929 bits per heavy atom. The Morgan fingerprint density at radius 3 is 2.14 bits per heavy atom. The van der Waals surface area contributed by atoms with E-state index in [2.05, 4.69) is 5.32 Å². The molecule has 0 aromatic heterocycles. The van der Waals surface area contributed by atoms with Crippen LogP contribution >= 0.6 is 34.8 Å². The average molecular weight is 651 g/mol. The standard InChI is InChI=1S/C31H34Cl3N3O4S/c1-20-11-15-25(16-12-20)42(40,41)37(24-14-13-21(2)29(34)17-24)19-30(38)36(18-26-27(32)9-6-10-28(26)33)22(3)31(39)35-23-7-4-5-8-23/h6,9-17,22-23H,4-5,7-8,18-19H2,1-3H3,(H,35,39). The molecule has 11 heteroatoms. The lowest BCUT2D eigenvalue weighted by atomic mass is 10.1. The Hall–Kier alpha value is -2.78. The number of hydrogen-bond donors (Lipinski definition) is 1. The molecule has 0 heterocycles. The molecule has 224 valence electrons. The van der Waals surface area contributed by atoms with E-state index in [1.807, 2.05) is 6.92 Å². The van der Waals surface area contributed by atoms with Gasteiger partial charge in [0.05, 0.1) is 10.6 Å². The first kappa shape index (κ1) is 32.1. The van der Waals surface area contributed by atoms with E-state index in [0.717, 1.165) is 41.1 Å². The number of nitrogens with one attached hydrogen (secondary N) is 1. The molecule has 4 rings (SSSR count). The van der Waals surface area contributed by atoms with Crippen LogP contribution in [-0.2, 0) is 26.2 Å². The summed E-state index contributed by atoms with van der Waals surface area (Å²) in [4.78, 5) is 28.9. The minimum atomic E-state index is -4.21. The largest absolute Gasteiger partial charge is 0.352 e. The second-order valence-electron chi connectivity index (χ2n) is 10.6. The molecule has 3 aromatic rings. The zero-order valence-electron chi connectivity index (χ0n) is 23.7. The molecule has 1 saturated carbocycles. The van der Waals surface area contributed by atoms with Crippen molar-refractivity contribution in [3.05, 3.63) is 92.4 Å². The summed E-state index contributed by atoms with van der Waals surface area (Å²) >= 11 is 19.3. The summed E-state index contributed by atoms with van der Waals surface area (Å²) in [5, 5.41) is 4.06. The van der Waals surface area contributed by atoms with E-state index in [4.69, 9.17) is 34.8 Å². The summed E-state index contributed by atoms with van der Waals surface area (Å²) in [5.41, 5.74) is 2.32. The van der Waals surface area contributed by atoms with Crippen LogP contribution in [0, 0.1) is 13.8 Å². The molecular weight excluding hydrogens is 617 g/mol. The van der Waals surface area contributed by atoms with E-state index in [-0.39, 0.29) is 29.1 Å². The van der Waals surface area contributed by atoms with Crippen LogP contribution in [0.2, 0.25) is 15.1 Å². The third-order valence-corrected chi connectivity index (χ3v) is 10.5. The van der Waals surface area contributed by atoms with Crippen LogP contribution in [-0.4, -0.2) is 43.8 Å². The molecule has 0 bridgehead atoms. The van der Waals surface area contributed by atoms with Crippen molar-refractivity contribution < 1.29 is 18.0 Å². The first-order valence-corrected chi connectivity index (χ1v) is 16.3. The second kappa shape index (κ2) is 13.7. The SMILES string of the molecule is Cc1ccc(S(=O)(=O)N(CC(=O)N(Cc2c(Cl)cccc2Cl)C(C)C(=O)NC2CCCC2)c2ccc(C)c(Cl)c2)cc1. The smallest absolute Gasteiger partial charge is 0.264 e. The fourth-order valence-corrected chi connectivity index (χ4v) is 7.03. The fraction of sp³-hybridized carbons (Fsp3) is 0.355. The molecule has 0 aliphatic heterocycles. The Morgan fingerprint density at radius 2 is 1.55 bits per heavy atom. The number of benzene rings is 3.